The van der Waals surface area contributed by atoms with Crippen LogP contribution < -0.4 is 9.64 Å². The van der Waals surface area contributed by atoms with Gasteiger partial charge in [-0.3, -0.25) is 24.6 Å². The van der Waals surface area contributed by atoms with Gasteiger partial charge in [-0.1, -0.05) is 62.0 Å². The van der Waals surface area contributed by atoms with Crippen LogP contribution in [0.3, 0.4) is 0 Å². The van der Waals surface area contributed by atoms with Crippen molar-refractivity contribution in [2.45, 2.75) is 42.1 Å². The van der Waals surface area contributed by atoms with Gasteiger partial charge in [-0.15, -0.1) is 23.4 Å². The molecule has 10 nitrogen and oxygen atoms in total. The van der Waals surface area contributed by atoms with E-state index in [0.29, 0.717) is 9.92 Å². The van der Waals surface area contributed by atoms with Gasteiger partial charge in [0.05, 0.1) is 16.5 Å². The zero-order chi connectivity index (χ0) is 32.5. The number of aliphatic hydroxyl groups excluding tert-OH is 1. The van der Waals surface area contributed by atoms with Gasteiger partial charge in [0, 0.05) is 22.6 Å². The summed E-state index contributed by atoms with van der Waals surface area (Å²) in [7, 11) is 0. The first-order valence-corrected chi connectivity index (χ1v) is 14.2. The van der Waals surface area contributed by atoms with Gasteiger partial charge in [0.2, 0.25) is 0 Å². The molecule has 0 spiro atoms. The lowest BCUT2D eigenvalue weighted by molar-refractivity contribution is -0.384. The minimum atomic E-state index is -4.93. The molecule has 0 aliphatic carbocycles. The van der Waals surface area contributed by atoms with Crippen molar-refractivity contribution in [1.29, 1.82) is 0 Å². The molecule has 1 amide bonds. The summed E-state index contributed by atoms with van der Waals surface area (Å²) in [6.45, 7) is 3.98. The fourth-order valence-corrected chi connectivity index (χ4v) is 5.40. The highest BCUT2D eigenvalue weighted by atomic mass is 32.2. The first-order chi connectivity index (χ1) is 21.3. The van der Waals surface area contributed by atoms with Crippen LogP contribution in [0.1, 0.15) is 42.5 Å². The summed E-state index contributed by atoms with van der Waals surface area (Å²) < 4.78 is 42.3. The van der Waals surface area contributed by atoms with E-state index in [9.17, 15) is 38.0 Å². The number of amides is 1. The molecule has 45 heavy (non-hydrogen) atoms. The first kappa shape index (κ1) is 31.2. The third-order valence-corrected chi connectivity index (χ3v) is 7.80. The summed E-state index contributed by atoms with van der Waals surface area (Å²) in [5.41, 5.74) is 1.08. The summed E-state index contributed by atoms with van der Waals surface area (Å²) in [6.07, 6.45) is -4.93. The van der Waals surface area contributed by atoms with Gasteiger partial charge in [-0.25, -0.2) is 0 Å². The van der Waals surface area contributed by atoms with Crippen LogP contribution in [0.15, 0.2) is 100 Å². The van der Waals surface area contributed by atoms with E-state index in [2.05, 4.69) is 14.9 Å². The first-order valence-electron chi connectivity index (χ1n) is 13.4. The monoisotopic (exact) mass is 636 g/mol. The van der Waals surface area contributed by atoms with Crippen molar-refractivity contribution in [3.8, 4) is 5.75 Å². The third kappa shape index (κ3) is 6.80. The highest BCUT2D eigenvalue weighted by Crippen LogP contribution is 2.42. The van der Waals surface area contributed by atoms with Crippen molar-refractivity contribution in [3.63, 3.8) is 0 Å². The number of ether oxygens (including phenoxy) is 1. The average molecular weight is 637 g/mol. The average Bonchev–Trinajstić information content (AvgIpc) is 3.27. The summed E-state index contributed by atoms with van der Waals surface area (Å²) in [5, 5.41) is 30.9. The Morgan fingerprint density at radius 2 is 1.60 bits per heavy atom. The third-order valence-electron chi connectivity index (χ3n) is 6.87. The molecule has 0 radical (unpaired) electrons. The topological polar surface area (TPSA) is 136 Å². The van der Waals surface area contributed by atoms with Crippen LogP contribution in [0.4, 0.5) is 24.7 Å². The Morgan fingerprint density at radius 3 is 2.13 bits per heavy atom. The number of rotatable bonds is 8. The molecule has 1 aromatic heterocycles. The van der Waals surface area contributed by atoms with Gasteiger partial charge in [-0.2, -0.15) is 0 Å². The molecule has 4 aromatic rings. The Morgan fingerprint density at radius 1 is 0.956 bits per heavy atom. The smallest absolute Gasteiger partial charge is 0.507 e. The number of carbonyl (C=O) groups is 2. The number of nitro benzene ring substituents is 1. The zero-order valence-electron chi connectivity index (χ0n) is 23.6. The maximum Gasteiger partial charge on any atom is 0.573 e. The molecule has 0 bridgehead atoms. The number of nitro groups is 1. The number of aromatic nitrogens is 2. The molecule has 230 valence electrons. The molecule has 1 aliphatic heterocycles. The molecular formula is C31H23F3N4O6S. The fraction of sp³-hybridized carbons (Fsp3) is 0.161. The standard InChI is InChI=1S/C31H23F3N4O6S/c1-17(2)18-3-5-20(6-4-18)28(39)26-27(19-7-11-22(12-8-19)44-31(32,33)34)37(30(41)29(26)40)24-15-16-25(36-35-24)45-23-13-9-21(10-14-23)38(42)43/h3-17,27,39H,1-2H3. The van der Waals surface area contributed by atoms with Crippen LogP contribution in [-0.2, 0) is 9.59 Å². The number of hydrogen-bond acceptors (Lipinski definition) is 9. The Labute approximate surface area is 258 Å². The Bertz CT molecular complexity index is 1780. The predicted octanol–water partition coefficient (Wildman–Crippen LogP) is 7.18. The number of benzene rings is 3. The van der Waals surface area contributed by atoms with Crippen LogP contribution in [0.25, 0.3) is 5.76 Å². The normalized spacial score (nSPS) is 16.3. The number of non-ortho nitro benzene ring substituents is 1. The van der Waals surface area contributed by atoms with Gasteiger partial charge in [0.15, 0.2) is 5.82 Å². The minimum absolute atomic E-state index is 0.0556. The number of ketones is 1. The molecule has 1 aliphatic rings. The molecule has 1 fully saturated rings. The Hall–Kier alpha value is -5.24. The number of aliphatic hydroxyl groups is 1. The van der Waals surface area contributed by atoms with Crippen molar-refractivity contribution >= 4 is 40.7 Å². The van der Waals surface area contributed by atoms with E-state index in [1.807, 2.05) is 13.8 Å². The van der Waals surface area contributed by atoms with E-state index in [1.54, 1.807) is 24.3 Å². The lowest BCUT2D eigenvalue weighted by atomic mass is 9.94. The molecule has 1 saturated heterocycles. The van der Waals surface area contributed by atoms with Crippen LogP contribution in [-0.4, -0.2) is 38.3 Å². The largest absolute Gasteiger partial charge is 0.573 e. The SMILES string of the molecule is CC(C)c1ccc(C(O)=C2C(=O)C(=O)N(c3ccc(Sc4ccc([N+](=O)[O-])cc4)nn3)C2c2ccc(OC(F)(F)F)cc2)cc1. The van der Waals surface area contributed by atoms with Crippen LogP contribution >= 0.6 is 11.8 Å². The zero-order valence-corrected chi connectivity index (χ0v) is 24.4. The number of carbonyl (C=O) groups excluding carboxylic acids is 2. The molecule has 1 N–H and O–H groups in total. The second kappa shape index (κ2) is 12.4. The van der Waals surface area contributed by atoms with Crippen LogP contribution in [0.5, 0.6) is 5.75 Å². The van der Waals surface area contributed by atoms with Crippen LogP contribution in [0.2, 0.25) is 0 Å². The van der Waals surface area contributed by atoms with E-state index in [1.165, 1.54) is 48.5 Å². The minimum Gasteiger partial charge on any atom is -0.507 e. The summed E-state index contributed by atoms with van der Waals surface area (Å²) in [6, 6.07) is 18.8. The number of Topliss-reactive ketones (excluding diaryl/α,β-unsaturated/α-hetero) is 1. The molecule has 1 unspecified atom stereocenters. The summed E-state index contributed by atoms with van der Waals surface area (Å²) in [4.78, 5) is 38.9. The number of alkyl halides is 3. The van der Waals surface area contributed by atoms with Crippen molar-refractivity contribution in [1.82, 2.24) is 10.2 Å². The molecular weight excluding hydrogens is 613 g/mol. The van der Waals surface area contributed by atoms with Crippen molar-refractivity contribution in [3.05, 3.63) is 117 Å². The lowest BCUT2D eigenvalue weighted by Gasteiger charge is -2.24. The Kier molecular flexibility index (Phi) is 8.60. The van der Waals surface area contributed by atoms with E-state index in [-0.39, 0.29) is 34.1 Å². The highest BCUT2D eigenvalue weighted by molar-refractivity contribution is 7.99. The number of halogens is 3. The number of hydrogen-bond donors (Lipinski definition) is 1. The van der Waals surface area contributed by atoms with Gasteiger partial charge >= 0.3 is 12.3 Å². The maximum atomic E-state index is 13.4. The summed E-state index contributed by atoms with van der Waals surface area (Å²) >= 11 is 1.15. The molecule has 1 atom stereocenters. The highest BCUT2D eigenvalue weighted by Gasteiger charge is 2.47. The predicted molar refractivity (Wildman–Crippen MR) is 158 cm³/mol. The van der Waals surface area contributed by atoms with Crippen molar-refractivity contribution in [2.75, 3.05) is 4.90 Å². The van der Waals surface area contributed by atoms with Gasteiger partial charge in [0.25, 0.3) is 11.5 Å². The molecule has 3 aromatic carbocycles. The number of anilines is 1. The second-order valence-electron chi connectivity index (χ2n) is 10.1. The van der Waals surface area contributed by atoms with E-state index in [4.69, 9.17) is 0 Å². The van der Waals surface area contributed by atoms with E-state index < -0.39 is 40.5 Å². The molecule has 0 saturated carbocycles. The molecule has 5 rings (SSSR count). The van der Waals surface area contributed by atoms with E-state index in [0.717, 1.165) is 34.4 Å². The van der Waals surface area contributed by atoms with Crippen LogP contribution in [0, 0.1) is 10.1 Å². The molecule has 14 heteroatoms. The Balaban J connectivity index is 1.53. The van der Waals surface area contributed by atoms with Gasteiger partial charge < -0.3 is 9.84 Å². The molecule has 2 heterocycles. The lowest BCUT2D eigenvalue weighted by Crippen LogP contribution is -2.30. The van der Waals surface area contributed by atoms with E-state index >= 15 is 0 Å². The van der Waals surface area contributed by atoms with Crippen molar-refractivity contribution < 1.29 is 37.5 Å². The summed E-state index contributed by atoms with van der Waals surface area (Å²) in [5.74, 6) is -2.89. The second-order valence-corrected chi connectivity index (χ2v) is 11.2. The number of nitrogens with zero attached hydrogens (tertiary/aromatic N) is 4. The van der Waals surface area contributed by atoms with Gasteiger partial charge in [0.1, 0.15) is 16.5 Å². The fourth-order valence-electron chi connectivity index (χ4n) is 4.67. The quantitative estimate of drug-likeness (QED) is 0.0701. The van der Waals surface area contributed by atoms with Gasteiger partial charge in [-0.05, 0) is 53.4 Å². The van der Waals surface area contributed by atoms with Crippen molar-refractivity contribution in [2.24, 2.45) is 0 Å². The maximum absolute atomic E-state index is 13.4.